The lowest BCUT2D eigenvalue weighted by atomic mass is 10.2. The molecule has 0 heterocycles. The second kappa shape index (κ2) is 9.72. The molecule has 1 aromatic rings. The van der Waals surface area contributed by atoms with Crippen molar-refractivity contribution < 1.29 is 18.6 Å². The molecule has 108 valence electrons. The molecule has 1 N–H and O–H groups in total. The van der Waals surface area contributed by atoms with Gasteiger partial charge in [0.05, 0.1) is 13.2 Å². The Bertz CT molecular complexity index is 361. The van der Waals surface area contributed by atoms with Gasteiger partial charge < -0.3 is 19.5 Å². The summed E-state index contributed by atoms with van der Waals surface area (Å²) in [6.45, 7) is 5.47. The standard InChI is InChI=1S/C14H22FNO3/c1-3-18-8-9-19-14-5-4-13(15)10-12(14)11-16-6-7-17-2/h4-5,10,16H,3,6-9,11H2,1-2H3. The number of methoxy groups -OCH3 is 1. The Balaban J connectivity index is 2.48. The molecule has 0 aliphatic heterocycles. The third-order valence-electron chi connectivity index (χ3n) is 2.51. The summed E-state index contributed by atoms with van der Waals surface area (Å²) in [7, 11) is 1.64. The number of nitrogens with one attached hydrogen (secondary N) is 1. The minimum absolute atomic E-state index is 0.263. The Labute approximate surface area is 113 Å². The Morgan fingerprint density at radius 2 is 2.05 bits per heavy atom. The van der Waals surface area contributed by atoms with Gasteiger partial charge in [0.15, 0.2) is 0 Å². The van der Waals surface area contributed by atoms with Crippen molar-refractivity contribution in [2.45, 2.75) is 13.5 Å². The van der Waals surface area contributed by atoms with Crippen LogP contribution >= 0.6 is 0 Å². The lowest BCUT2D eigenvalue weighted by Crippen LogP contribution is -2.19. The highest BCUT2D eigenvalue weighted by molar-refractivity contribution is 5.33. The quantitative estimate of drug-likeness (QED) is 0.661. The van der Waals surface area contributed by atoms with Crippen molar-refractivity contribution >= 4 is 0 Å². The Kier molecular flexibility index (Phi) is 8.13. The molecule has 0 radical (unpaired) electrons. The van der Waals surface area contributed by atoms with Crippen LogP contribution in [0.5, 0.6) is 5.75 Å². The highest BCUT2D eigenvalue weighted by Gasteiger charge is 2.05. The zero-order chi connectivity index (χ0) is 13.9. The zero-order valence-corrected chi connectivity index (χ0v) is 11.6. The van der Waals surface area contributed by atoms with E-state index in [2.05, 4.69) is 5.32 Å². The van der Waals surface area contributed by atoms with Crippen molar-refractivity contribution in [2.24, 2.45) is 0 Å². The van der Waals surface area contributed by atoms with Gasteiger partial charge in [-0.25, -0.2) is 4.39 Å². The SMILES string of the molecule is CCOCCOc1ccc(F)cc1CNCCOC. The van der Waals surface area contributed by atoms with Gasteiger partial charge in [-0.1, -0.05) is 0 Å². The molecule has 19 heavy (non-hydrogen) atoms. The highest BCUT2D eigenvalue weighted by atomic mass is 19.1. The first-order chi connectivity index (χ1) is 9.27. The van der Waals surface area contributed by atoms with Crippen LogP contribution in [0.3, 0.4) is 0 Å². The van der Waals surface area contributed by atoms with Gasteiger partial charge >= 0.3 is 0 Å². The van der Waals surface area contributed by atoms with E-state index in [0.29, 0.717) is 45.3 Å². The fourth-order valence-electron chi connectivity index (χ4n) is 1.58. The van der Waals surface area contributed by atoms with Crippen LogP contribution in [0.1, 0.15) is 12.5 Å². The van der Waals surface area contributed by atoms with Crippen molar-refractivity contribution in [2.75, 3.05) is 40.1 Å². The molecule has 0 atom stereocenters. The normalized spacial score (nSPS) is 10.7. The van der Waals surface area contributed by atoms with Crippen molar-refractivity contribution in [1.82, 2.24) is 5.32 Å². The minimum atomic E-state index is -0.263. The molecule has 0 saturated carbocycles. The van der Waals surface area contributed by atoms with Crippen LogP contribution in [0.25, 0.3) is 0 Å². The molecule has 4 nitrogen and oxygen atoms in total. The predicted molar refractivity (Wildman–Crippen MR) is 72.0 cm³/mol. The zero-order valence-electron chi connectivity index (χ0n) is 11.6. The molecule has 0 saturated heterocycles. The molecule has 1 rings (SSSR count). The fraction of sp³-hybridized carbons (Fsp3) is 0.571. The molecule has 0 aliphatic rings. The van der Waals surface area contributed by atoms with Crippen molar-refractivity contribution in [3.63, 3.8) is 0 Å². The molecule has 0 aromatic heterocycles. The summed E-state index contributed by atoms with van der Waals surface area (Å²) >= 11 is 0. The maximum Gasteiger partial charge on any atom is 0.124 e. The second-order valence-corrected chi connectivity index (χ2v) is 3.97. The van der Waals surface area contributed by atoms with Crippen LogP contribution in [-0.2, 0) is 16.0 Å². The number of halogens is 1. The average Bonchev–Trinajstić information content (AvgIpc) is 2.41. The van der Waals surface area contributed by atoms with E-state index in [0.717, 1.165) is 5.56 Å². The molecule has 0 fully saturated rings. The van der Waals surface area contributed by atoms with Gasteiger partial charge in [0.25, 0.3) is 0 Å². The third-order valence-corrected chi connectivity index (χ3v) is 2.51. The van der Waals surface area contributed by atoms with E-state index in [4.69, 9.17) is 14.2 Å². The van der Waals surface area contributed by atoms with Gasteiger partial charge in [-0.3, -0.25) is 0 Å². The highest BCUT2D eigenvalue weighted by Crippen LogP contribution is 2.19. The van der Waals surface area contributed by atoms with E-state index in [1.54, 1.807) is 13.2 Å². The Morgan fingerprint density at radius 3 is 2.79 bits per heavy atom. The lowest BCUT2D eigenvalue weighted by molar-refractivity contribution is 0.109. The number of hydrogen-bond donors (Lipinski definition) is 1. The maximum absolute atomic E-state index is 13.2. The van der Waals surface area contributed by atoms with E-state index < -0.39 is 0 Å². The number of hydrogen-bond acceptors (Lipinski definition) is 4. The maximum atomic E-state index is 13.2. The first-order valence-corrected chi connectivity index (χ1v) is 6.46. The molecular weight excluding hydrogens is 249 g/mol. The topological polar surface area (TPSA) is 39.7 Å². The van der Waals surface area contributed by atoms with Gasteiger partial charge in [-0.05, 0) is 25.1 Å². The summed E-state index contributed by atoms with van der Waals surface area (Å²) in [6, 6.07) is 4.53. The van der Waals surface area contributed by atoms with E-state index in [1.165, 1.54) is 12.1 Å². The Hall–Kier alpha value is -1.17. The molecule has 0 aliphatic carbocycles. The summed E-state index contributed by atoms with van der Waals surface area (Å²) in [4.78, 5) is 0. The van der Waals surface area contributed by atoms with E-state index in [-0.39, 0.29) is 5.82 Å². The van der Waals surface area contributed by atoms with E-state index in [9.17, 15) is 4.39 Å². The third kappa shape index (κ3) is 6.52. The first-order valence-electron chi connectivity index (χ1n) is 6.46. The molecule has 0 bridgehead atoms. The van der Waals surface area contributed by atoms with Crippen LogP contribution in [0, 0.1) is 5.82 Å². The van der Waals surface area contributed by atoms with Crippen LogP contribution in [0.4, 0.5) is 4.39 Å². The Morgan fingerprint density at radius 1 is 1.21 bits per heavy atom. The van der Waals surface area contributed by atoms with Gasteiger partial charge in [0.1, 0.15) is 18.2 Å². The van der Waals surface area contributed by atoms with Crippen LogP contribution in [0.15, 0.2) is 18.2 Å². The summed E-state index contributed by atoms with van der Waals surface area (Å²) in [5.74, 6) is 0.423. The van der Waals surface area contributed by atoms with Gasteiger partial charge in [0, 0.05) is 32.4 Å². The summed E-state index contributed by atoms with van der Waals surface area (Å²) in [5, 5.41) is 3.17. The molecule has 0 spiro atoms. The second-order valence-electron chi connectivity index (χ2n) is 3.97. The molecule has 0 unspecified atom stereocenters. The summed E-state index contributed by atoms with van der Waals surface area (Å²) in [6.07, 6.45) is 0. The van der Waals surface area contributed by atoms with Crippen molar-refractivity contribution in [3.05, 3.63) is 29.6 Å². The van der Waals surface area contributed by atoms with E-state index >= 15 is 0 Å². The van der Waals surface area contributed by atoms with Gasteiger partial charge in [-0.15, -0.1) is 0 Å². The van der Waals surface area contributed by atoms with Crippen LogP contribution < -0.4 is 10.1 Å². The number of ether oxygens (including phenoxy) is 3. The van der Waals surface area contributed by atoms with Crippen molar-refractivity contribution in [1.29, 1.82) is 0 Å². The molecule has 0 amide bonds. The van der Waals surface area contributed by atoms with Crippen molar-refractivity contribution in [3.8, 4) is 5.75 Å². The smallest absolute Gasteiger partial charge is 0.124 e. The number of benzene rings is 1. The summed E-state index contributed by atoms with van der Waals surface area (Å²) in [5.41, 5.74) is 0.799. The van der Waals surface area contributed by atoms with Crippen LogP contribution in [0.2, 0.25) is 0 Å². The largest absolute Gasteiger partial charge is 0.491 e. The van der Waals surface area contributed by atoms with Gasteiger partial charge in [-0.2, -0.15) is 0 Å². The predicted octanol–water partition coefficient (Wildman–Crippen LogP) is 1.98. The summed E-state index contributed by atoms with van der Waals surface area (Å²) < 4.78 is 29.0. The first kappa shape index (κ1) is 15.9. The number of rotatable bonds is 10. The van der Waals surface area contributed by atoms with Crippen LogP contribution in [-0.4, -0.2) is 40.1 Å². The molecular formula is C14H22FNO3. The monoisotopic (exact) mass is 271 g/mol. The van der Waals surface area contributed by atoms with E-state index in [1.807, 2.05) is 6.92 Å². The molecule has 5 heteroatoms. The van der Waals surface area contributed by atoms with Gasteiger partial charge in [0.2, 0.25) is 0 Å². The fourth-order valence-corrected chi connectivity index (χ4v) is 1.58. The minimum Gasteiger partial charge on any atom is -0.491 e. The average molecular weight is 271 g/mol. The molecule has 1 aromatic carbocycles. The lowest BCUT2D eigenvalue weighted by Gasteiger charge is -2.12.